The monoisotopic (exact) mass is 315 g/mol. The normalized spacial score (nSPS) is 17.3. The van der Waals surface area contributed by atoms with Crippen molar-refractivity contribution in [2.75, 3.05) is 20.1 Å². The lowest BCUT2D eigenvalue weighted by Crippen LogP contribution is -2.40. The Hall–Kier alpha value is -0.890. The van der Waals surface area contributed by atoms with Crippen molar-refractivity contribution in [3.05, 3.63) is 23.7 Å². The van der Waals surface area contributed by atoms with E-state index in [1.165, 1.54) is 17.1 Å². The smallest absolute Gasteiger partial charge is 0.279 e. The van der Waals surface area contributed by atoms with E-state index in [-0.39, 0.29) is 6.04 Å². The second kappa shape index (κ2) is 6.91. The minimum absolute atomic E-state index is 0.379. The molecule has 1 saturated carbocycles. The van der Waals surface area contributed by atoms with E-state index < -0.39 is 10.2 Å². The Morgan fingerprint density at radius 3 is 2.71 bits per heavy atom. The minimum Gasteiger partial charge on any atom is -0.465 e. The van der Waals surface area contributed by atoms with Crippen molar-refractivity contribution in [3.63, 3.8) is 0 Å². The van der Waals surface area contributed by atoms with Crippen molar-refractivity contribution < 1.29 is 12.8 Å². The molecule has 21 heavy (non-hydrogen) atoms. The fourth-order valence-corrected chi connectivity index (χ4v) is 3.19. The van der Waals surface area contributed by atoms with Crippen LogP contribution in [-0.2, 0) is 10.2 Å². The number of hydrogen-bond acceptors (Lipinski definition) is 4. The van der Waals surface area contributed by atoms with Gasteiger partial charge in [0.05, 0.1) is 6.04 Å². The molecule has 0 saturated heterocycles. The standard InChI is InChI=1S/C14H25N3O3S/c1-11-5-8-14(20-11)12(2)16-21(18,19)17(3)10-4-9-15-13-6-7-13/h5,8,12-13,15-16H,4,6-7,9-10H2,1-3H3. The molecule has 1 atom stereocenters. The van der Waals surface area contributed by atoms with E-state index in [1.807, 2.05) is 13.0 Å². The first-order valence-electron chi connectivity index (χ1n) is 7.42. The van der Waals surface area contributed by atoms with Crippen LogP contribution in [0.15, 0.2) is 16.5 Å². The van der Waals surface area contributed by atoms with Crippen LogP contribution in [0.4, 0.5) is 0 Å². The van der Waals surface area contributed by atoms with Gasteiger partial charge in [-0.3, -0.25) is 0 Å². The molecule has 1 heterocycles. The van der Waals surface area contributed by atoms with Crippen LogP contribution in [0.2, 0.25) is 0 Å². The molecule has 1 aliphatic carbocycles. The molecule has 1 unspecified atom stereocenters. The molecular formula is C14H25N3O3S. The molecule has 6 nitrogen and oxygen atoms in total. The van der Waals surface area contributed by atoms with Crippen LogP contribution in [-0.4, -0.2) is 38.9 Å². The summed E-state index contributed by atoms with van der Waals surface area (Å²) in [5, 5.41) is 3.38. The molecule has 0 bridgehead atoms. The predicted octanol–water partition coefficient (Wildman–Crippen LogP) is 1.56. The first-order chi connectivity index (χ1) is 9.88. The van der Waals surface area contributed by atoms with Gasteiger partial charge in [0.2, 0.25) is 0 Å². The lowest BCUT2D eigenvalue weighted by molar-refractivity contribution is 0.413. The molecule has 7 heteroatoms. The lowest BCUT2D eigenvalue weighted by Gasteiger charge is -2.20. The minimum atomic E-state index is -3.49. The molecule has 0 amide bonds. The van der Waals surface area contributed by atoms with Crippen molar-refractivity contribution in [3.8, 4) is 0 Å². The summed E-state index contributed by atoms with van der Waals surface area (Å²) in [6, 6.07) is 3.90. The van der Waals surface area contributed by atoms with E-state index in [9.17, 15) is 8.42 Å². The quantitative estimate of drug-likeness (QED) is 0.678. The van der Waals surface area contributed by atoms with Gasteiger partial charge in [0, 0.05) is 19.6 Å². The average Bonchev–Trinajstić information content (AvgIpc) is 3.13. The van der Waals surface area contributed by atoms with E-state index >= 15 is 0 Å². The molecule has 2 N–H and O–H groups in total. The van der Waals surface area contributed by atoms with E-state index in [4.69, 9.17) is 4.42 Å². The molecule has 0 aliphatic heterocycles. The number of hydrogen-bond donors (Lipinski definition) is 2. The van der Waals surface area contributed by atoms with Crippen LogP contribution >= 0.6 is 0 Å². The van der Waals surface area contributed by atoms with E-state index in [2.05, 4.69) is 10.0 Å². The summed E-state index contributed by atoms with van der Waals surface area (Å²) in [7, 11) is -1.89. The van der Waals surface area contributed by atoms with Gasteiger partial charge in [0.1, 0.15) is 11.5 Å². The van der Waals surface area contributed by atoms with Crippen LogP contribution < -0.4 is 10.0 Å². The Morgan fingerprint density at radius 1 is 1.43 bits per heavy atom. The molecule has 1 fully saturated rings. The van der Waals surface area contributed by atoms with Crippen LogP contribution in [0.3, 0.4) is 0 Å². The van der Waals surface area contributed by atoms with Gasteiger partial charge in [-0.25, -0.2) is 0 Å². The van der Waals surface area contributed by atoms with Crippen LogP contribution in [0.1, 0.15) is 43.7 Å². The Bertz CT molecular complexity index is 552. The van der Waals surface area contributed by atoms with Crippen LogP contribution in [0, 0.1) is 6.92 Å². The van der Waals surface area contributed by atoms with Gasteiger partial charge in [-0.2, -0.15) is 17.4 Å². The Balaban J connectivity index is 1.78. The molecule has 0 spiro atoms. The molecule has 0 radical (unpaired) electrons. The predicted molar refractivity (Wildman–Crippen MR) is 82.2 cm³/mol. The second-order valence-corrected chi connectivity index (χ2v) is 7.51. The zero-order valence-electron chi connectivity index (χ0n) is 12.9. The highest BCUT2D eigenvalue weighted by molar-refractivity contribution is 7.87. The topological polar surface area (TPSA) is 74.6 Å². The fourth-order valence-electron chi connectivity index (χ4n) is 2.07. The van der Waals surface area contributed by atoms with Crippen LogP contribution in [0.25, 0.3) is 0 Å². The third-order valence-electron chi connectivity index (χ3n) is 3.58. The van der Waals surface area contributed by atoms with Crippen LogP contribution in [0.5, 0.6) is 0 Å². The van der Waals surface area contributed by atoms with Gasteiger partial charge in [-0.05, 0) is 51.8 Å². The zero-order valence-corrected chi connectivity index (χ0v) is 13.7. The highest BCUT2D eigenvalue weighted by Gasteiger charge is 2.23. The second-order valence-electron chi connectivity index (χ2n) is 5.70. The number of aryl methyl sites for hydroxylation is 1. The summed E-state index contributed by atoms with van der Waals surface area (Å²) < 4.78 is 33.9. The Labute approximate surface area is 127 Å². The van der Waals surface area contributed by atoms with Gasteiger partial charge >= 0.3 is 0 Å². The van der Waals surface area contributed by atoms with Crippen molar-refractivity contribution in [2.45, 2.75) is 45.2 Å². The molecular weight excluding hydrogens is 290 g/mol. The largest absolute Gasteiger partial charge is 0.465 e. The molecule has 1 aliphatic rings. The highest BCUT2D eigenvalue weighted by Crippen LogP contribution is 2.18. The van der Waals surface area contributed by atoms with E-state index in [0.717, 1.165) is 18.7 Å². The third kappa shape index (κ3) is 5.10. The molecule has 1 aromatic rings. The number of furan rings is 1. The molecule has 2 rings (SSSR count). The maximum Gasteiger partial charge on any atom is 0.279 e. The first-order valence-corrected chi connectivity index (χ1v) is 8.86. The summed E-state index contributed by atoms with van der Waals surface area (Å²) in [4.78, 5) is 0. The third-order valence-corrected chi connectivity index (χ3v) is 5.24. The Morgan fingerprint density at radius 2 is 2.14 bits per heavy atom. The van der Waals surface area contributed by atoms with Crippen molar-refractivity contribution in [2.24, 2.45) is 0 Å². The van der Waals surface area contributed by atoms with E-state index in [1.54, 1.807) is 20.0 Å². The number of rotatable bonds is 9. The van der Waals surface area contributed by atoms with Gasteiger partial charge in [0.25, 0.3) is 10.2 Å². The maximum atomic E-state index is 12.2. The fraction of sp³-hybridized carbons (Fsp3) is 0.714. The SMILES string of the molecule is Cc1ccc(C(C)NS(=O)(=O)N(C)CCCNC2CC2)o1. The maximum absolute atomic E-state index is 12.2. The summed E-state index contributed by atoms with van der Waals surface area (Å²) in [6.07, 6.45) is 3.30. The van der Waals surface area contributed by atoms with Gasteiger partial charge in [0.15, 0.2) is 0 Å². The average molecular weight is 315 g/mol. The van der Waals surface area contributed by atoms with Crippen molar-refractivity contribution >= 4 is 10.2 Å². The number of nitrogens with one attached hydrogen (secondary N) is 2. The number of nitrogens with zero attached hydrogens (tertiary/aromatic N) is 1. The van der Waals surface area contributed by atoms with E-state index in [0.29, 0.717) is 18.3 Å². The summed E-state index contributed by atoms with van der Waals surface area (Å²) in [5.74, 6) is 1.40. The molecule has 1 aromatic heterocycles. The zero-order chi connectivity index (χ0) is 15.5. The molecule has 0 aromatic carbocycles. The summed E-state index contributed by atoms with van der Waals surface area (Å²) >= 11 is 0. The van der Waals surface area contributed by atoms with Gasteiger partial charge < -0.3 is 9.73 Å². The molecule has 120 valence electrons. The Kier molecular flexibility index (Phi) is 5.43. The van der Waals surface area contributed by atoms with Gasteiger partial charge in [-0.1, -0.05) is 0 Å². The van der Waals surface area contributed by atoms with Gasteiger partial charge in [-0.15, -0.1) is 0 Å². The summed E-state index contributed by atoms with van der Waals surface area (Å²) in [6.45, 7) is 4.97. The van der Waals surface area contributed by atoms with Crippen molar-refractivity contribution in [1.29, 1.82) is 0 Å². The summed E-state index contributed by atoms with van der Waals surface area (Å²) in [5.41, 5.74) is 0. The highest BCUT2D eigenvalue weighted by atomic mass is 32.2. The van der Waals surface area contributed by atoms with Crippen molar-refractivity contribution in [1.82, 2.24) is 14.3 Å². The first kappa shape index (κ1) is 16.5. The lowest BCUT2D eigenvalue weighted by atomic mass is 10.3.